The average Bonchev–Trinajstić information content (AvgIpc) is 2.63. The van der Waals surface area contributed by atoms with Crippen molar-refractivity contribution in [1.82, 2.24) is 5.32 Å². The average molecular weight is 227 g/mol. The molecule has 0 saturated heterocycles. The quantitative estimate of drug-likeness (QED) is 0.805. The fourth-order valence-corrected chi connectivity index (χ4v) is 2.62. The Morgan fingerprint density at radius 1 is 1.60 bits per heavy atom. The van der Waals surface area contributed by atoms with Gasteiger partial charge >= 0.3 is 0 Å². The third kappa shape index (κ3) is 2.51. The normalized spacial score (nSPS) is 18.5. The summed E-state index contributed by atoms with van der Waals surface area (Å²) in [6.07, 6.45) is 3.02. The molecule has 0 unspecified atom stereocenters. The summed E-state index contributed by atoms with van der Waals surface area (Å²) in [4.78, 5) is 1.19. The van der Waals surface area contributed by atoms with Crippen molar-refractivity contribution in [2.45, 2.75) is 31.4 Å². The minimum absolute atomic E-state index is 0.440. The van der Waals surface area contributed by atoms with Crippen LogP contribution in [0.4, 0.5) is 0 Å². The maximum atomic E-state index is 9.87. The Balaban J connectivity index is 1.78. The van der Waals surface area contributed by atoms with Crippen LogP contribution in [0.2, 0.25) is 0 Å². The van der Waals surface area contributed by atoms with Crippen molar-refractivity contribution in [2.75, 3.05) is 13.7 Å². The zero-order chi connectivity index (χ0) is 10.7. The Bertz CT molecular complexity index is 320. The van der Waals surface area contributed by atoms with Crippen LogP contribution in [-0.2, 0) is 6.54 Å². The zero-order valence-corrected chi connectivity index (χ0v) is 9.77. The van der Waals surface area contributed by atoms with Crippen LogP contribution >= 0.6 is 11.3 Å². The van der Waals surface area contributed by atoms with Gasteiger partial charge in [0.1, 0.15) is 5.75 Å². The van der Waals surface area contributed by atoms with Gasteiger partial charge in [0.25, 0.3) is 0 Å². The lowest BCUT2D eigenvalue weighted by Crippen LogP contribution is -2.45. The van der Waals surface area contributed by atoms with Crippen LogP contribution < -0.4 is 10.1 Å². The van der Waals surface area contributed by atoms with E-state index >= 15 is 0 Å². The molecule has 1 aromatic heterocycles. The van der Waals surface area contributed by atoms with E-state index in [-0.39, 0.29) is 0 Å². The molecule has 15 heavy (non-hydrogen) atoms. The van der Waals surface area contributed by atoms with Crippen LogP contribution in [0.5, 0.6) is 5.75 Å². The first-order valence-corrected chi connectivity index (χ1v) is 6.15. The molecule has 0 amide bonds. The molecule has 0 spiro atoms. The number of aliphatic hydroxyl groups is 1. The summed E-state index contributed by atoms with van der Waals surface area (Å²) >= 11 is 1.68. The van der Waals surface area contributed by atoms with Crippen LogP contribution in [0.1, 0.15) is 24.1 Å². The Morgan fingerprint density at radius 2 is 2.40 bits per heavy atom. The lowest BCUT2D eigenvalue weighted by molar-refractivity contribution is -0.0314. The molecule has 0 bridgehead atoms. The second kappa shape index (κ2) is 4.51. The smallest absolute Gasteiger partial charge is 0.134 e. The summed E-state index contributed by atoms with van der Waals surface area (Å²) in [5.41, 5.74) is -0.440. The fourth-order valence-electron chi connectivity index (χ4n) is 1.81. The topological polar surface area (TPSA) is 41.5 Å². The van der Waals surface area contributed by atoms with Gasteiger partial charge in [0.2, 0.25) is 0 Å². The largest absolute Gasteiger partial charge is 0.496 e. The summed E-state index contributed by atoms with van der Waals surface area (Å²) in [7, 11) is 1.69. The molecule has 0 atom stereocenters. The van der Waals surface area contributed by atoms with E-state index in [9.17, 15) is 5.11 Å². The maximum absolute atomic E-state index is 9.87. The van der Waals surface area contributed by atoms with Crippen molar-refractivity contribution in [2.24, 2.45) is 0 Å². The van der Waals surface area contributed by atoms with Crippen LogP contribution in [-0.4, -0.2) is 24.4 Å². The van der Waals surface area contributed by atoms with E-state index in [4.69, 9.17) is 4.74 Å². The highest BCUT2D eigenvalue weighted by Crippen LogP contribution is 2.31. The predicted molar refractivity (Wildman–Crippen MR) is 61.4 cm³/mol. The van der Waals surface area contributed by atoms with Gasteiger partial charge in [0.15, 0.2) is 0 Å². The van der Waals surface area contributed by atoms with E-state index in [1.807, 2.05) is 11.4 Å². The summed E-state index contributed by atoms with van der Waals surface area (Å²) in [5.74, 6) is 0.938. The van der Waals surface area contributed by atoms with Gasteiger partial charge in [-0.1, -0.05) is 0 Å². The van der Waals surface area contributed by atoms with E-state index in [0.29, 0.717) is 6.54 Å². The SMILES string of the molecule is COc1ccsc1CNCC1(O)CCC1. The molecule has 1 aromatic rings. The van der Waals surface area contributed by atoms with Crippen LogP contribution in [0.15, 0.2) is 11.4 Å². The molecule has 84 valence electrons. The van der Waals surface area contributed by atoms with Crippen molar-refractivity contribution >= 4 is 11.3 Å². The molecule has 3 nitrogen and oxygen atoms in total. The molecule has 1 aliphatic rings. The number of ether oxygens (including phenoxy) is 1. The molecule has 1 aliphatic carbocycles. The Morgan fingerprint density at radius 3 is 3.00 bits per heavy atom. The summed E-state index contributed by atoms with van der Waals surface area (Å²) < 4.78 is 5.22. The van der Waals surface area contributed by atoms with E-state index in [1.54, 1.807) is 18.4 Å². The highest BCUT2D eigenvalue weighted by Gasteiger charge is 2.33. The van der Waals surface area contributed by atoms with Crippen molar-refractivity contribution < 1.29 is 9.84 Å². The van der Waals surface area contributed by atoms with Gasteiger partial charge in [0.05, 0.1) is 17.6 Å². The van der Waals surface area contributed by atoms with Crippen LogP contribution in [0, 0.1) is 0 Å². The number of rotatable bonds is 5. The molecule has 1 fully saturated rings. The number of thiophene rings is 1. The van der Waals surface area contributed by atoms with Crippen molar-refractivity contribution in [3.63, 3.8) is 0 Å². The molecule has 1 heterocycles. The summed E-state index contributed by atoms with van der Waals surface area (Å²) in [6.45, 7) is 1.47. The zero-order valence-electron chi connectivity index (χ0n) is 8.95. The monoisotopic (exact) mass is 227 g/mol. The van der Waals surface area contributed by atoms with Crippen LogP contribution in [0.25, 0.3) is 0 Å². The minimum atomic E-state index is -0.440. The molecule has 4 heteroatoms. The minimum Gasteiger partial charge on any atom is -0.496 e. The number of methoxy groups -OCH3 is 1. The maximum Gasteiger partial charge on any atom is 0.134 e. The lowest BCUT2D eigenvalue weighted by Gasteiger charge is -2.36. The second-order valence-corrected chi connectivity index (χ2v) is 5.09. The molecule has 2 rings (SSSR count). The highest BCUT2D eigenvalue weighted by molar-refractivity contribution is 7.10. The fraction of sp³-hybridized carbons (Fsp3) is 0.636. The number of nitrogens with one attached hydrogen (secondary N) is 1. The van der Waals surface area contributed by atoms with Gasteiger partial charge in [-0.05, 0) is 30.7 Å². The Labute approximate surface area is 94.1 Å². The lowest BCUT2D eigenvalue weighted by atomic mass is 9.80. The highest BCUT2D eigenvalue weighted by atomic mass is 32.1. The van der Waals surface area contributed by atoms with Crippen LogP contribution in [0.3, 0.4) is 0 Å². The Hall–Kier alpha value is -0.580. The second-order valence-electron chi connectivity index (χ2n) is 4.09. The van der Waals surface area contributed by atoms with Gasteiger partial charge in [-0.15, -0.1) is 11.3 Å². The van der Waals surface area contributed by atoms with Gasteiger partial charge in [0, 0.05) is 13.1 Å². The Kier molecular flexibility index (Phi) is 3.29. The molecule has 0 radical (unpaired) electrons. The first-order valence-electron chi connectivity index (χ1n) is 5.27. The van der Waals surface area contributed by atoms with E-state index in [0.717, 1.165) is 31.6 Å². The summed E-state index contributed by atoms with van der Waals surface area (Å²) in [6, 6.07) is 1.97. The van der Waals surface area contributed by atoms with Gasteiger partial charge < -0.3 is 15.2 Å². The van der Waals surface area contributed by atoms with E-state index in [1.165, 1.54) is 4.88 Å². The van der Waals surface area contributed by atoms with Gasteiger partial charge in [-0.25, -0.2) is 0 Å². The van der Waals surface area contributed by atoms with Crippen molar-refractivity contribution in [3.8, 4) is 5.75 Å². The van der Waals surface area contributed by atoms with E-state index in [2.05, 4.69) is 5.32 Å². The van der Waals surface area contributed by atoms with Crippen molar-refractivity contribution in [3.05, 3.63) is 16.3 Å². The third-order valence-electron chi connectivity index (χ3n) is 2.95. The van der Waals surface area contributed by atoms with Gasteiger partial charge in [-0.3, -0.25) is 0 Å². The molecule has 0 aliphatic heterocycles. The van der Waals surface area contributed by atoms with Crippen molar-refractivity contribution in [1.29, 1.82) is 0 Å². The molecule has 0 aromatic carbocycles. The molecule has 2 N–H and O–H groups in total. The first kappa shape index (κ1) is 10.9. The number of hydrogen-bond acceptors (Lipinski definition) is 4. The summed E-state index contributed by atoms with van der Waals surface area (Å²) in [5, 5.41) is 15.2. The van der Waals surface area contributed by atoms with E-state index < -0.39 is 5.60 Å². The molecule has 1 saturated carbocycles. The standard InChI is InChI=1S/C11H17NO2S/c1-14-9-3-6-15-10(9)7-12-8-11(13)4-2-5-11/h3,6,12-13H,2,4-5,7-8H2,1H3. The van der Waals surface area contributed by atoms with Gasteiger partial charge in [-0.2, -0.15) is 0 Å². The first-order chi connectivity index (χ1) is 7.23. The third-order valence-corrected chi connectivity index (χ3v) is 3.85. The molecular formula is C11H17NO2S. The number of hydrogen-bond donors (Lipinski definition) is 2. The predicted octanol–water partition coefficient (Wildman–Crippen LogP) is 1.76. The molecular weight excluding hydrogens is 210 g/mol.